The highest BCUT2D eigenvalue weighted by Crippen LogP contribution is 2.31. The van der Waals surface area contributed by atoms with Crippen molar-refractivity contribution >= 4 is 32.5 Å². The van der Waals surface area contributed by atoms with E-state index in [1.54, 1.807) is 12.1 Å². The van der Waals surface area contributed by atoms with Gasteiger partial charge in [0.05, 0.1) is 17.1 Å². The zero-order chi connectivity index (χ0) is 20.6. The summed E-state index contributed by atoms with van der Waals surface area (Å²) in [5, 5.41) is 6.32. The molecule has 0 atom stereocenters. The van der Waals surface area contributed by atoms with E-state index in [1.165, 1.54) is 15.6 Å². The van der Waals surface area contributed by atoms with Gasteiger partial charge in [0, 0.05) is 23.9 Å². The van der Waals surface area contributed by atoms with Crippen molar-refractivity contribution in [1.82, 2.24) is 14.6 Å². The number of benzene rings is 1. The molecule has 1 aromatic carbocycles. The third-order valence-electron chi connectivity index (χ3n) is 5.72. The maximum atomic E-state index is 13.1. The second-order valence-corrected chi connectivity index (χ2v) is 10.8. The van der Waals surface area contributed by atoms with Crippen LogP contribution in [0, 0.1) is 13.8 Å². The van der Waals surface area contributed by atoms with Crippen LogP contribution >= 0.6 is 11.3 Å². The van der Waals surface area contributed by atoms with Gasteiger partial charge >= 0.3 is 6.03 Å². The summed E-state index contributed by atoms with van der Waals surface area (Å²) in [5.41, 5.74) is 2.90. The van der Waals surface area contributed by atoms with Crippen molar-refractivity contribution < 1.29 is 13.2 Å². The lowest BCUT2D eigenvalue weighted by Crippen LogP contribution is -2.36. The molecule has 9 heteroatoms. The number of hydrogen-bond donors (Lipinski definition) is 2. The monoisotopic (exact) mass is 434 g/mol. The van der Waals surface area contributed by atoms with E-state index in [9.17, 15) is 13.2 Å². The number of rotatable bonds is 4. The Bertz CT molecular complexity index is 1030. The van der Waals surface area contributed by atoms with E-state index in [0.29, 0.717) is 23.0 Å². The molecule has 1 aliphatic heterocycles. The molecule has 0 bridgehead atoms. The molecule has 7 nitrogen and oxygen atoms in total. The van der Waals surface area contributed by atoms with E-state index in [4.69, 9.17) is 0 Å². The minimum atomic E-state index is -3.56. The van der Waals surface area contributed by atoms with Crippen LogP contribution < -0.4 is 10.6 Å². The molecular weight excluding hydrogens is 408 g/mol. The van der Waals surface area contributed by atoms with Crippen LogP contribution in [0.2, 0.25) is 0 Å². The number of fused-ring (bicyclic) bond motifs is 1. The van der Waals surface area contributed by atoms with Crippen LogP contribution in [-0.2, 0) is 23.0 Å². The van der Waals surface area contributed by atoms with E-state index < -0.39 is 10.0 Å². The van der Waals surface area contributed by atoms with Gasteiger partial charge in [-0.05, 0) is 49.9 Å². The lowest BCUT2D eigenvalue weighted by molar-refractivity contribution is 0.248. The molecule has 0 unspecified atom stereocenters. The van der Waals surface area contributed by atoms with Gasteiger partial charge in [0.15, 0.2) is 5.13 Å². The number of nitrogens with one attached hydrogen (secondary N) is 2. The van der Waals surface area contributed by atoms with Crippen LogP contribution in [0.3, 0.4) is 0 Å². The first-order valence-corrected chi connectivity index (χ1v) is 12.2. The molecule has 0 spiro atoms. The Kier molecular flexibility index (Phi) is 5.63. The van der Waals surface area contributed by atoms with Gasteiger partial charge in [-0.3, -0.25) is 5.32 Å². The van der Waals surface area contributed by atoms with Gasteiger partial charge in [0.25, 0.3) is 0 Å². The minimum absolute atomic E-state index is 0.234. The summed E-state index contributed by atoms with van der Waals surface area (Å²) in [6.07, 6.45) is 4.89. The molecule has 1 saturated carbocycles. The fraction of sp³-hybridized carbons (Fsp3) is 0.500. The van der Waals surface area contributed by atoms with Crippen molar-refractivity contribution in [3.8, 4) is 0 Å². The van der Waals surface area contributed by atoms with E-state index in [-0.39, 0.29) is 18.6 Å². The van der Waals surface area contributed by atoms with Crippen LogP contribution in [0.1, 0.15) is 47.4 Å². The highest BCUT2D eigenvalue weighted by Gasteiger charge is 2.31. The molecule has 1 fully saturated rings. The molecule has 4 rings (SSSR count). The van der Waals surface area contributed by atoms with E-state index in [0.717, 1.165) is 47.4 Å². The van der Waals surface area contributed by atoms with E-state index in [2.05, 4.69) is 15.6 Å². The summed E-state index contributed by atoms with van der Waals surface area (Å²) in [4.78, 5) is 17.9. The van der Waals surface area contributed by atoms with Crippen molar-refractivity contribution in [2.75, 3.05) is 11.9 Å². The molecule has 0 saturated heterocycles. The van der Waals surface area contributed by atoms with Crippen molar-refractivity contribution in [2.45, 2.75) is 63.4 Å². The average Bonchev–Trinajstić information content (AvgIpc) is 3.32. The Morgan fingerprint density at radius 1 is 1.21 bits per heavy atom. The summed E-state index contributed by atoms with van der Waals surface area (Å²) in [5.74, 6) is 0. The normalized spacial score (nSPS) is 17.9. The number of anilines is 1. The second kappa shape index (κ2) is 8.04. The first-order valence-electron chi connectivity index (χ1n) is 9.96. The average molecular weight is 435 g/mol. The molecule has 0 radical (unpaired) electrons. The number of nitrogens with zero attached hydrogens (tertiary/aromatic N) is 2. The van der Waals surface area contributed by atoms with Gasteiger partial charge in [-0.2, -0.15) is 4.31 Å². The zero-order valence-electron chi connectivity index (χ0n) is 16.7. The van der Waals surface area contributed by atoms with Gasteiger partial charge in [0.1, 0.15) is 0 Å². The standard InChI is InChI=1S/C20H26N4O3S2/c1-13-7-8-16(11-14(13)2)29(26,27)24-10-9-17-18(12-24)28-20(22-17)23-19(25)21-15-5-3-4-6-15/h7-8,11,15H,3-6,9-10,12H2,1-2H3,(H2,21,22,23,25). The van der Waals surface area contributed by atoms with Crippen LogP contribution in [0.5, 0.6) is 0 Å². The number of carbonyl (C=O) groups excluding carboxylic acids is 1. The SMILES string of the molecule is Cc1ccc(S(=O)(=O)N2CCc3nc(NC(=O)NC4CCCC4)sc3C2)cc1C. The Morgan fingerprint density at radius 3 is 2.69 bits per heavy atom. The lowest BCUT2D eigenvalue weighted by Gasteiger charge is -2.25. The number of carbonyl (C=O) groups is 1. The van der Waals surface area contributed by atoms with E-state index >= 15 is 0 Å². The molecule has 2 heterocycles. The maximum Gasteiger partial charge on any atom is 0.321 e. The summed E-state index contributed by atoms with van der Waals surface area (Å²) >= 11 is 1.35. The largest absolute Gasteiger partial charge is 0.335 e. The quantitative estimate of drug-likeness (QED) is 0.770. The smallest absolute Gasteiger partial charge is 0.321 e. The minimum Gasteiger partial charge on any atom is -0.335 e. The molecule has 2 amide bonds. The van der Waals surface area contributed by atoms with Crippen LogP contribution in [0.25, 0.3) is 0 Å². The van der Waals surface area contributed by atoms with Gasteiger partial charge in [-0.25, -0.2) is 18.2 Å². The fourth-order valence-electron chi connectivity index (χ4n) is 3.84. The number of urea groups is 1. The molecule has 1 aliphatic carbocycles. The summed E-state index contributed by atoms with van der Waals surface area (Å²) in [6.45, 7) is 4.56. The Balaban J connectivity index is 1.45. The topological polar surface area (TPSA) is 91.4 Å². The Morgan fingerprint density at radius 2 is 1.97 bits per heavy atom. The maximum absolute atomic E-state index is 13.1. The summed E-state index contributed by atoms with van der Waals surface area (Å²) in [6, 6.07) is 5.24. The van der Waals surface area contributed by atoms with Gasteiger partial charge in [-0.15, -0.1) is 0 Å². The van der Waals surface area contributed by atoms with Gasteiger partial charge < -0.3 is 5.32 Å². The first kappa shape index (κ1) is 20.3. The molecule has 2 aromatic rings. The van der Waals surface area contributed by atoms with Crippen molar-refractivity contribution in [1.29, 1.82) is 0 Å². The molecule has 29 heavy (non-hydrogen) atoms. The molecule has 2 aliphatic rings. The van der Waals surface area contributed by atoms with Crippen molar-refractivity contribution in [3.05, 3.63) is 39.9 Å². The summed E-state index contributed by atoms with van der Waals surface area (Å²) < 4.78 is 27.6. The first-order chi connectivity index (χ1) is 13.8. The number of amides is 2. The van der Waals surface area contributed by atoms with Crippen molar-refractivity contribution in [2.24, 2.45) is 0 Å². The van der Waals surface area contributed by atoms with Crippen LogP contribution in [0.15, 0.2) is 23.1 Å². The Labute approximate surface area is 175 Å². The lowest BCUT2D eigenvalue weighted by atomic mass is 10.1. The van der Waals surface area contributed by atoms with Crippen LogP contribution in [-0.4, -0.2) is 36.3 Å². The third-order valence-corrected chi connectivity index (χ3v) is 8.56. The van der Waals surface area contributed by atoms with Gasteiger partial charge in [-0.1, -0.05) is 30.2 Å². The highest BCUT2D eigenvalue weighted by atomic mass is 32.2. The Hall–Kier alpha value is -1.97. The summed E-state index contributed by atoms with van der Waals surface area (Å²) in [7, 11) is -3.56. The number of hydrogen-bond acceptors (Lipinski definition) is 5. The van der Waals surface area contributed by atoms with Crippen LogP contribution in [0.4, 0.5) is 9.93 Å². The number of thiazole rings is 1. The fourth-order valence-corrected chi connectivity index (χ4v) is 6.44. The number of aromatic nitrogens is 1. The zero-order valence-corrected chi connectivity index (χ0v) is 18.3. The predicted octanol–water partition coefficient (Wildman–Crippen LogP) is 3.57. The molecular formula is C20H26N4O3S2. The molecule has 2 N–H and O–H groups in total. The van der Waals surface area contributed by atoms with E-state index in [1.807, 2.05) is 19.9 Å². The van der Waals surface area contributed by atoms with Gasteiger partial charge in [0.2, 0.25) is 10.0 Å². The third kappa shape index (κ3) is 4.31. The molecule has 156 valence electrons. The number of aryl methyl sites for hydroxylation is 2. The highest BCUT2D eigenvalue weighted by molar-refractivity contribution is 7.89. The second-order valence-electron chi connectivity index (χ2n) is 7.80. The molecule has 1 aromatic heterocycles. The predicted molar refractivity (Wildman–Crippen MR) is 114 cm³/mol. The van der Waals surface area contributed by atoms with Crippen molar-refractivity contribution in [3.63, 3.8) is 0 Å². The number of sulfonamides is 1.